The fourth-order valence-electron chi connectivity index (χ4n) is 2.07. The average molecular weight is 244 g/mol. The fraction of sp³-hybridized carbons (Fsp3) is 0.455. The van der Waals surface area contributed by atoms with E-state index in [9.17, 15) is 0 Å². The number of aryl methyl sites for hydroxylation is 1. The molecule has 0 aromatic carbocycles. The van der Waals surface area contributed by atoms with Crippen molar-refractivity contribution in [2.24, 2.45) is 0 Å². The van der Waals surface area contributed by atoms with Crippen molar-refractivity contribution >= 4 is 11.5 Å². The summed E-state index contributed by atoms with van der Waals surface area (Å²) in [6.45, 7) is 3.63. The lowest BCUT2D eigenvalue weighted by Gasteiger charge is -2.30. The van der Waals surface area contributed by atoms with E-state index in [0.717, 1.165) is 11.6 Å². The van der Waals surface area contributed by atoms with Gasteiger partial charge < -0.3 is 9.64 Å². The lowest BCUT2D eigenvalue weighted by Crippen LogP contribution is -2.42. The van der Waals surface area contributed by atoms with Crippen LogP contribution >= 0.6 is 0 Å². The molecule has 92 valence electrons. The maximum absolute atomic E-state index is 8.92. The Labute approximate surface area is 104 Å². The first kappa shape index (κ1) is 10.9. The van der Waals surface area contributed by atoms with Gasteiger partial charge in [-0.05, 0) is 6.92 Å². The Hall–Kier alpha value is -2.20. The van der Waals surface area contributed by atoms with Crippen molar-refractivity contribution < 1.29 is 4.74 Å². The van der Waals surface area contributed by atoms with E-state index in [1.54, 1.807) is 6.20 Å². The highest BCUT2D eigenvalue weighted by Gasteiger charge is 2.23. The van der Waals surface area contributed by atoms with E-state index in [0.29, 0.717) is 25.3 Å². The minimum absolute atomic E-state index is 0.412. The zero-order valence-corrected chi connectivity index (χ0v) is 9.94. The molecular formula is C11H12N6O. The van der Waals surface area contributed by atoms with Crippen molar-refractivity contribution in [3.63, 3.8) is 0 Å². The van der Waals surface area contributed by atoms with Gasteiger partial charge in [-0.2, -0.15) is 5.26 Å². The van der Waals surface area contributed by atoms with Gasteiger partial charge in [0.15, 0.2) is 11.9 Å². The van der Waals surface area contributed by atoms with Crippen LogP contribution in [0.5, 0.6) is 0 Å². The Morgan fingerprint density at radius 1 is 1.50 bits per heavy atom. The summed E-state index contributed by atoms with van der Waals surface area (Å²) in [6, 6.07) is 2.12. The number of ether oxygens (including phenoxy) is 1. The molecule has 18 heavy (non-hydrogen) atoms. The molecular weight excluding hydrogens is 232 g/mol. The van der Waals surface area contributed by atoms with Crippen molar-refractivity contribution in [1.82, 2.24) is 19.6 Å². The number of fused-ring (bicyclic) bond motifs is 1. The van der Waals surface area contributed by atoms with Gasteiger partial charge in [0.2, 0.25) is 5.65 Å². The van der Waals surface area contributed by atoms with Gasteiger partial charge in [0.05, 0.1) is 19.2 Å². The fourth-order valence-corrected chi connectivity index (χ4v) is 2.07. The van der Waals surface area contributed by atoms with E-state index in [2.05, 4.69) is 21.3 Å². The maximum Gasteiger partial charge on any atom is 0.203 e. The van der Waals surface area contributed by atoms with Gasteiger partial charge in [-0.3, -0.25) is 4.40 Å². The molecule has 1 aliphatic heterocycles. The summed E-state index contributed by atoms with van der Waals surface area (Å²) in [4.78, 5) is 6.36. The number of anilines is 1. The van der Waals surface area contributed by atoms with Gasteiger partial charge in [0.25, 0.3) is 0 Å². The van der Waals surface area contributed by atoms with Gasteiger partial charge in [0, 0.05) is 18.9 Å². The molecule has 1 aliphatic rings. The zero-order valence-electron chi connectivity index (χ0n) is 9.94. The summed E-state index contributed by atoms with van der Waals surface area (Å²) < 4.78 is 7.21. The Bertz CT molecular complexity index is 616. The number of morpholine rings is 1. The molecule has 0 radical (unpaired) electrons. The van der Waals surface area contributed by atoms with Crippen LogP contribution in [0.2, 0.25) is 0 Å². The van der Waals surface area contributed by atoms with E-state index in [1.165, 1.54) is 0 Å². The highest BCUT2D eigenvalue weighted by atomic mass is 16.5. The predicted molar refractivity (Wildman–Crippen MR) is 63.1 cm³/mol. The van der Waals surface area contributed by atoms with Crippen LogP contribution in [0, 0.1) is 18.3 Å². The molecule has 1 fully saturated rings. The molecule has 7 heteroatoms. The molecule has 0 spiro atoms. The molecule has 1 unspecified atom stereocenters. The van der Waals surface area contributed by atoms with Gasteiger partial charge >= 0.3 is 0 Å². The van der Waals surface area contributed by atoms with Crippen molar-refractivity contribution in [3.8, 4) is 6.07 Å². The van der Waals surface area contributed by atoms with E-state index in [4.69, 9.17) is 10.00 Å². The van der Waals surface area contributed by atoms with E-state index < -0.39 is 6.10 Å². The second-order valence-electron chi connectivity index (χ2n) is 4.13. The topological polar surface area (TPSA) is 79.3 Å². The number of nitrogens with zero attached hydrogens (tertiary/aromatic N) is 6. The molecule has 7 nitrogen and oxygen atoms in total. The monoisotopic (exact) mass is 244 g/mol. The minimum Gasteiger partial charge on any atom is -0.360 e. The van der Waals surface area contributed by atoms with Crippen LogP contribution in [0.3, 0.4) is 0 Å². The molecule has 3 rings (SSSR count). The van der Waals surface area contributed by atoms with Crippen LogP contribution in [0.25, 0.3) is 5.65 Å². The average Bonchev–Trinajstić information content (AvgIpc) is 2.81. The summed E-state index contributed by atoms with van der Waals surface area (Å²) in [6.07, 6.45) is 3.14. The summed E-state index contributed by atoms with van der Waals surface area (Å²) in [5.74, 6) is 1.57. The summed E-state index contributed by atoms with van der Waals surface area (Å²) in [5.41, 5.74) is 0.716. The Morgan fingerprint density at radius 2 is 2.39 bits per heavy atom. The number of hydrogen-bond acceptors (Lipinski definition) is 6. The first-order valence-electron chi connectivity index (χ1n) is 5.72. The molecule has 0 amide bonds. The van der Waals surface area contributed by atoms with Crippen LogP contribution in [0.15, 0.2) is 12.4 Å². The number of nitriles is 1. The highest BCUT2D eigenvalue weighted by Crippen LogP contribution is 2.19. The van der Waals surface area contributed by atoms with Gasteiger partial charge in [-0.15, -0.1) is 10.2 Å². The first-order valence-corrected chi connectivity index (χ1v) is 5.72. The summed E-state index contributed by atoms with van der Waals surface area (Å²) in [5, 5.41) is 17.1. The molecule has 0 N–H and O–H groups in total. The molecule has 3 heterocycles. The summed E-state index contributed by atoms with van der Waals surface area (Å²) >= 11 is 0. The quantitative estimate of drug-likeness (QED) is 0.711. The first-order chi connectivity index (χ1) is 8.79. The Kier molecular flexibility index (Phi) is 2.57. The number of aromatic nitrogens is 4. The Balaban J connectivity index is 2.01. The van der Waals surface area contributed by atoms with Gasteiger partial charge in [-0.1, -0.05) is 0 Å². The van der Waals surface area contributed by atoms with Crippen LogP contribution in [-0.4, -0.2) is 45.4 Å². The SMILES string of the molecule is Cc1nnc2c(N3CCOC(C#N)C3)nccn12. The maximum atomic E-state index is 8.92. The third-order valence-corrected chi connectivity index (χ3v) is 2.99. The van der Waals surface area contributed by atoms with Crippen LogP contribution in [0.1, 0.15) is 5.82 Å². The third-order valence-electron chi connectivity index (χ3n) is 2.99. The van der Waals surface area contributed by atoms with Crippen LogP contribution in [-0.2, 0) is 4.74 Å². The van der Waals surface area contributed by atoms with Crippen molar-refractivity contribution in [2.75, 3.05) is 24.6 Å². The minimum atomic E-state index is -0.412. The standard InChI is InChI=1S/C11H12N6O/c1-8-14-15-11-10(13-2-3-17(8)11)16-4-5-18-9(6-12)7-16/h2-3,9H,4-5,7H2,1H3. The second-order valence-corrected chi connectivity index (χ2v) is 4.13. The van der Waals surface area contributed by atoms with Gasteiger partial charge in [-0.25, -0.2) is 4.98 Å². The smallest absolute Gasteiger partial charge is 0.203 e. The van der Waals surface area contributed by atoms with Crippen LogP contribution in [0.4, 0.5) is 5.82 Å². The largest absolute Gasteiger partial charge is 0.360 e. The van der Waals surface area contributed by atoms with E-state index >= 15 is 0 Å². The molecule has 0 saturated carbocycles. The predicted octanol–water partition coefficient (Wildman–Crippen LogP) is 0.161. The number of rotatable bonds is 1. The molecule has 1 saturated heterocycles. The second kappa shape index (κ2) is 4.23. The molecule has 0 aliphatic carbocycles. The highest BCUT2D eigenvalue weighted by molar-refractivity contribution is 5.64. The van der Waals surface area contributed by atoms with Crippen molar-refractivity contribution in [1.29, 1.82) is 5.26 Å². The molecule has 2 aromatic rings. The lowest BCUT2D eigenvalue weighted by molar-refractivity contribution is 0.0762. The Morgan fingerprint density at radius 3 is 3.22 bits per heavy atom. The number of hydrogen-bond donors (Lipinski definition) is 0. The zero-order chi connectivity index (χ0) is 12.5. The van der Waals surface area contributed by atoms with Gasteiger partial charge in [0.1, 0.15) is 5.82 Å². The van der Waals surface area contributed by atoms with E-state index in [-0.39, 0.29) is 0 Å². The molecule has 2 aromatic heterocycles. The normalized spacial score (nSPS) is 20.0. The molecule has 1 atom stereocenters. The van der Waals surface area contributed by atoms with Crippen LogP contribution < -0.4 is 4.90 Å². The summed E-state index contributed by atoms with van der Waals surface area (Å²) in [7, 11) is 0. The lowest BCUT2D eigenvalue weighted by atomic mass is 10.3. The van der Waals surface area contributed by atoms with Crippen molar-refractivity contribution in [2.45, 2.75) is 13.0 Å². The van der Waals surface area contributed by atoms with Crippen molar-refractivity contribution in [3.05, 3.63) is 18.2 Å². The van der Waals surface area contributed by atoms with E-state index in [1.807, 2.05) is 22.4 Å². The molecule has 0 bridgehead atoms. The third kappa shape index (κ3) is 1.67.